The maximum atomic E-state index is 12.2. The molecule has 0 unspecified atom stereocenters. The molecule has 1 saturated heterocycles. The van der Waals surface area contributed by atoms with Gasteiger partial charge < -0.3 is 20.7 Å². The first-order chi connectivity index (χ1) is 13.1. The van der Waals surface area contributed by atoms with E-state index >= 15 is 0 Å². The predicted molar refractivity (Wildman–Crippen MR) is 104 cm³/mol. The number of amides is 3. The molecule has 3 N–H and O–H groups in total. The third-order valence-electron chi connectivity index (χ3n) is 5.37. The zero-order valence-electron chi connectivity index (χ0n) is 15.1. The lowest BCUT2D eigenvalue weighted by Gasteiger charge is -2.43. The van der Waals surface area contributed by atoms with Crippen LogP contribution in [0.25, 0.3) is 10.4 Å². The number of thiophene rings is 1. The number of urea groups is 1. The molecule has 27 heavy (non-hydrogen) atoms. The summed E-state index contributed by atoms with van der Waals surface area (Å²) in [5.74, 6) is -0.101. The van der Waals surface area contributed by atoms with E-state index in [1.165, 1.54) is 20.9 Å². The lowest BCUT2D eigenvalue weighted by Crippen LogP contribution is -2.50. The van der Waals surface area contributed by atoms with E-state index in [9.17, 15) is 9.59 Å². The number of hydrogen-bond acceptors (Lipinski definition) is 4. The van der Waals surface area contributed by atoms with Gasteiger partial charge in [-0.2, -0.15) is 0 Å². The number of carbonyl (C=O) groups is 2. The molecule has 2 aliphatic rings. The van der Waals surface area contributed by atoms with Gasteiger partial charge in [0.1, 0.15) is 5.60 Å². The van der Waals surface area contributed by atoms with Crippen LogP contribution in [0.2, 0.25) is 0 Å². The molecule has 0 saturated carbocycles. The Balaban J connectivity index is 1.51. The number of carbonyl (C=O) groups excluding carboxylic acids is 2. The van der Waals surface area contributed by atoms with Crippen molar-refractivity contribution in [2.45, 2.75) is 24.9 Å². The molecule has 1 fully saturated rings. The van der Waals surface area contributed by atoms with Gasteiger partial charge in [-0.1, -0.05) is 30.3 Å². The molecule has 1 aromatic heterocycles. The van der Waals surface area contributed by atoms with Crippen molar-refractivity contribution in [3.8, 4) is 10.4 Å². The Morgan fingerprint density at radius 2 is 1.96 bits per heavy atom. The average Bonchev–Trinajstić information content (AvgIpc) is 3.13. The molecule has 3 amide bonds. The van der Waals surface area contributed by atoms with E-state index < -0.39 is 6.03 Å². The van der Waals surface area contributed by atoms with Crippen molar-refractivity contribution >= 4 is 23.3 Å². The largest absolute Gasteiger partial charge is 0.369 e. The fourth-order valence-electron chi connectivity index (χ4n) is 3.93. The van der Waals surface area contributed by atoms with E-state index in [1.54, 1.807) is 4.90 Å². The average molecular weight is 385 g/mol. The Bertz CT molecular complexity index is 841. The first-order valence-electron chi connectivity index (χ1n) is 9.21. The first-order valence-corrected chi connectivity index (χ1v) is 10.0. The highest BCUT2D eigenvalue weighted by atomic mass is 32.1. The molecule has 4 rings (SSSR count). The second kappa shape index (κ2) is 7.32. The molecular formula is C20H23N3O3S. The van der Waals surface area contributed by atoms with Crippen LogP contribution in [0.15, 0.2) is 36.4 Å². The topological polar surface area (TPSA) is 84.7 Å². The third kappa shape index (κ3) is 3.57. The molecule has 2 aromatic rings. The van der Waals surface area contributed by atoms with Crippen LogP contribution >= 0.6 is 11.3 Å². The molecule has 0 radical (unpaired) electrons. The van der Waals surface area contributed by atoms with Crippen molar-refractivity contribution in [3.05, 3.63) is 46.8 Å². The van der Waals surface area contributed by atoms with Crippen LogP contribution in [0.3, 0.4) is 0 Å². The van der Waals surface area contributed by atoms with Crippen LogP contribution in [0, 0.1) is 0 Å². The van der Waals surface area contributed by atoms with Gasteiger partial charge in [0.2, 0.25) is 5.91 Å². The quantitative estimate of drug-likeness (QED) is 0.851. The molecule has 2 aliphatic heterocycles. The summed E-state index contributed by atoms with van der Waals surface area (Å²) < 4.78 is 6.29. The number of nitrogens with one attached hydrogen (secondary N) is 1. The van der Waals surface area contributed by atoms with Crippen molar-refractivity contribution in [2.75, 3.05) is 26.2 Å². The predicted octanol–water partition coefficient (Wildman–Crippen LogP) is 2.47. The van der Waals surface area contributed by atoms with Crippen molar-refractivity contribution < 1.29 is 14.3 Å². The van der Waals surface area contributed by atoms with E-state index in [4.69, 9.17) is 10.5 Å². The van der Waals surface area contributed by atoms with Crippen LogP contribution in [0.5, 0.6) is 0 Å². The highest BCUT2D eigenvalue weighted by molar-refractivity contribution is 7.15. The molecule has 1 spiro atoms. The summed E-state index contributed by atoms with van der Waals surface area (Å²) in [6.45, 7) is 1.91. The third-order valence-corrected chi connectivity index (χ3v) is 6.78. The smallest absolute Gasteiger partial charge is 0.312 e. The molecular weight excluding hydrogens is 362 g/mol. The van der Waals surface area contributed by atoms with Gasteiger partial charge in [0.15, 0.2) is 0 Å². The van der Waals surface area contributed by atoms with E-state index in [2.05, 4.69) is 35.6 Å². The molecule has 0 atom stereocenters. The monoisotopic (exact) mass is 385 g/mol. The van der Waals surface area contributed by atoms with Gasteiger partial charge in [-0.15, -0.1) is 11.3 Å². The highest BCUT2D eigenvalue weighted by Gasteiger charge is 2.43. The lowest BCUT2D eigenvalue weighted by molar-refractivity contribution is -0.139. The number of hydrogen-bond donors (Lipinski definition) is 2. The van der Waals surface area contributed by atoms with Crippen LogP contribution in [0.4, 0.5) is 4.79 Å². The zero-order valence-corrected chi connectivity index (χ0v) is 15.9. The minimum absolute atomic E-state index is 0.0500. The van der Waals surface area contributed by atoms with Gasteiger partial charge >= 0.3 is 6.03 Å². The van der Waals surface area contributed by atoms with Crippen molar-refractivity contribution in [2.24, 2.45) is 5.73 Å². The number of likely N-dealkylation sites (tertiary alicyclic amines) is 1. The maximum absolute atomic E-state index is 12.2. The summed E-state index contributed by atoms with van der Waals surface area (Å²) >= 11 is 1.82. The summed E-state index contributed by atoms with van der Waals surface area (Å²) in [5, 5.41) is 2.37. The second-order valence-electron chi connectivity index (χ2n) is 7.02. The molecule has 0 aliphatic carbocycles. The Morgan fingerprint density at radius 3 is 2.67 bits per heavy atom. The zero-order chi connectivity index (χ0) is 18.9. The molecule has 0 bridgehead atoms. The molecule has 3 heterocycles. The van der Waals surface area contributed by atoms with E-state index in [0.717, 1.165) is 25.9 Å². The van der Waals surface area contributed by atoms with E-state index in [1.807, 2.05) is 17.4 Å². The maximum Gasteiger partial charge on any atom is 0.312 e. The van der Waals surface area contributed by atoms with E-state index in [0.29, 0.717) is 13.1 Å². The van der Waals surface area contributed by atoms with Crippen LogP contribution in [-0.2, 0) is 21.6 Å². The SMILES string of the molecule is NC(=O)NCC(=O)N1CCC2(CC1)OCCc1cc(-c3ccccc3)sc12. The number of benzene rings is 1. The Hall–Kier alpha value is -2.38. The van der Waals surface area contributed by atoms with Gasteiger partial charge in [0.05, 0.1) is 13.2 Å². The molecule has 142 valence electrons. The lowest BCUT2D eigenvalue weighted by atomic mass is 9.85. The number of piperidine rings is 1. The minimum Gasteiger partial charge on any atom is -0.369 e. The first kappa shape index (κ1) is 18.0. The van der Waals surface area contributed by atoms with Crippen LogP contribution in [-0.4, -0.2) is 43.1 Å². The normalized spacial score (nSPS) is 18.1. The van der Waals surface area contributed by atoms with Gasteiger partial charge in [-0.05, 0) is 36.5 Å². The Labute approximate surface area is 162 Å². The standard InChI is InChI=1S/C20H23N3O3S/c21-19(25)22-13-17(24)23-9-7-20(8-10-23)18-15(6-11-26-20)12-16(27-18)14-4-2-1-3-5-14/h1-5,12H,6-11,13H2,(H3,21,22,25). The van der Waals surface area contributed by atoms with Gasteiger partial charge in [-0.3, -0.25) is 4.79 Å². The van der Waals surface area contributed by atoms with Crippen molar-refractivity contribution in [1.82, 2.24) is 10.2 Å². The van der Waals surface area contributed by atoms with Gasteiger partial charge in [-0.25, -0.2) is 4.79 Å². The van der Waals surface area contributed by atoms with E-state index in [-0.39, 0.29) is 18.1 Å². The van der Waals surface area contributed by atoms with Crippen molar-refractivity contribution in [1.29, 1.82) is 0 Å². The highest BCUT2D eigenvalue weighted by Crippen LogP contribution is 2.47. The molecule has 6 nitrogen and oxygen atoms in total. The number of ether oxygens (including phenoxy) is 1. The fraction of sp³-hybridized carbons (Fsp3) is 0.400. The summed E-state index contributed by atoms with van der Waals surface area (Å²) in [6, 6.07) is 12.0. The fourth-order valence-corrected chi connectivity index (χ4v) is 5.35. The number of fused-ring (bicyclic) bond motifs is 2. The van der Waals surface area contributed by atoms with Crippen molar-refractivity contribution in [3.63, 3.8) is 0 Å². The van der Waals surface area contributed by atoms with Crippen LogP contribution in [0.1, 0.15) is 23.3 Å². The summed E-state index contributed by atoms with van der Waals surface area (Å²) in [6.07, 6.45) is 2.49. The number of primary amides is 1. The minimum atomic E-state index is -0.677. The van der Waals surface area contributed by atoms with Crippen LogP contribution < -0.4 is 11.1 Å². The summed E-state index contributed by atoms with van der Waals surface area (Å²) in [4.78, 5) is 27.4. The van der Waals surface area contributed by atoms with Gasteiger partial charge in [0.25, 0.3) is 0 Å². The number of nitrogens with zero attached hydrogens (tertiary/aromatic N) is 1. The number of rotatable bonds is 3. The number of nitrogens with two attached hydrogens (primary N) is 1. The van der Waals surface area contributed by atoms with Gasteiger partial charge in [0, 0.05) is 22.8 Å². The Kier molecular flexibility index (Phi) is 4.88. The Morgan fingerprint density at radius 1 is 1.22 bits per heavy atom. The summed E-state index contributed by atoms with van der Waals surface area (Å²) in [7, 11) is 0. The second-order valence-corrected chi connectivity index (χ2v) is 8.07. The molecule has 7 heteroatoms. The summed E-state index contributed by atoms with van der Waals surface area (Å²) in [5.41, 5.74) is 7.36. The molecule has 1 aromatic carbocycles.